The van der Waals surface area contributed by atoms with Crippen LogP contribution in [0.1, 0.15) is 22.8 Å². The van der Waals surface area contributed by atoms with Gasteiger partial charge >= 0.3 is 0 Å². The summed E-state index contributed by atoms with van der Waals surface area (Å²) in [5, 5.41) is 0. The van der Waals surface area contributed by atoms with Gasteiger partial charge in [-0.15, -0.1) is 0 Å². The van der Waals surface area contributed by atoms with Crippen LogP contribution >= 0.6 is 0 Å². The molecule has 0 N–H and O–H groups in total. The van der Waals surface area contributed by atoms with Gasteiger partial charge in [-0.2, -0.15) is 0 Å². The number of Topliss-reactive ketones (excluding diaryl/α,β-unsaturated/α-hetero) is 1. The zero-order valence-electron chi connectivity index (χ0n) is 11.2. The molecule has 0 saturated carbocycles. The minimum atomic E-state index is -0.351. The van der Waals surface area contributed by atoms with Crippen molar-refractivity contribution in [1.29, 1.82) is 0 Å². The number of carbonyl (C=O) groups excluding carboxylic acids is 1. The van der Waals surface area contributed by atoms with Crippen LogP contribution < -0.4 is 4.74 Å². The van der Waals surface area contributed by atoms with Crippen molar-refractivity contribution in [1.82, 2.24) is 0 Å². The first-order valence-electron chi connectivity index (χ1n) is 5.98. The molecule has 2 aromatic carbocycles. The van der Waals surface area contributed by atoms with Crippen molar-refractivity contribution in [3.05, 3.63) is 53.3 Å². The number of hydrogen-bond acceptors (Lipinski definition) is 2. The van der Waals surface area contributed by atoms with Gasteiger partial charge in [0.2, 0.25) is 0 Å². The lowest BCUT2D eigenvalue weighted by Crippen LogP contribution is -1.95. The van der Waals surface area contributed by atoms with E-state index in [1.807, 2.05) is 19.1 Å². The molecule has 0 radical (unpaired) electrons. The lowest BCUT2D eigenvalue weighted by atomic mass is 9.99. The summed E-state index contributed by atoms with van der Waals surface area (Å²) in [6.45, 7) is 3.39. The first-order chi connectivity index (χ1) is 9.02. The number of ether oxygens (including phenoxy) is 1. The standard InChI is InChI=1S/C16H15FO2/c1-10-4-5-13(9-16(10)19-3)14-8-12(11(2)18)6-7-15(14)17/h4-9H,1-3H3. The molecule has 0 bridgehead atoms. The molecule has 0 aliphatic heterocycles. The highest BCUT2D eigenvalue weighted by Crippen LogP contribution is 2.29. The molecule has 0 saturated heterocycles. The summed E-state index contributed by atoms with van der Waals surface area (Å²) in [4.78, 5) is 11.4. The highest BCUT2D eigenvalue weighted by Gasteiger charge is 2.10. The maximum atomic E-state index is 13.9. The molecular formula is C16H15FO2. The predicted molar refractivity (Wildman–Crippen MR) is 73.1 cm³/mol. The van der Waals surface area contributed by atoms with E-state index in [2.05, 4.69) is 0 Å². The summed E-state index contributed by atoms with van der Waals surface area (Å²) < 4.78 is 19.1. The van der Waals surface area contributed by atoms with E-state index in [0.717, 1.165) is 5.56 Å². The van der Waals surface area contributed by atoms with Crippen molar-refractivity contribution >= 4 is 5.78 Å². The van der Waals surface area contributed by atoms with Gasteiger partial charge in [-0.1, -0.05) is 12.1 Å². The topological polar surface area (TPSA) is 26.3 Å². The van der Waals surface area contributed by atoms with Gasteiger partial charge in [-0.3, -0.25) is 4.79 Å². The molecule has 0 fully saturated rings. The Morgan fingerprint density at radius 1 is 1.16 bits per heavy atom. The number of carbonyl (C=O) groups is 1. The number of aryl methyl sites for hydroxylation is 1. The maximum absolute atomic E-state index is 13.9. The highest BCUT2D eigenvalue weighted by atomic mass is 19.1. The molecule has 3 heteroatoms. The lowest BCUT2D eigenvalue weighted by Gasteiger charge is -2.09. The van der Waals surface area contributed by atoms with Gasteiger partial charge in [0.15, 0.2) is 5.78 Å². The fraction of sp³-hybridized carbons (Fsp3) is 0.188. The molecule has 0 aromatic heterocycles. The maximum Gasteiger partial charge on any atom is 0.159 e. The van der Waals surface area contributed by atoms with Gasteiger partial charge in [-0.25, -0.2) is 4.39 Å². The Bertz CT molecular complexity index is 633. The Kier molecular flexibility index (Phi) is 3.65. The van der Waals surface area contributed by atoms with E-state index in [4.69, 9.17) is 4.74 Å². The fourth-order valence-electron chi connectivity index (χ4n) is 1.95. The lowest BCUT2D eigenvalue weighted by molar-refractivity contribution is 0.101. The summed E-state index contributed by atoms with van der Waals surface area (Å²) in [6, 6.07) is 9.85. The second-order valence-electron chi connectivity index (χ2n) is 4.44. The number of ketones is 1. The third-order valence-corrected chi connectivity index (χ3v) is 3.09. The van der Waals surface area contributed by atoms with Gasteiger partial charge in [0.1, 0.15) is 11.6 Å². The van der Waals surface area contributed by atoms with Crippen molar-refractivity contribution in [2.75, 3.05) is 7.11 Å². The normalized spacial score (nSPS) is 10.3. The first kappa shape index (κ1) is 13.3. The van der Waals surface area contributed by atoms with Crippen LogP contribution in [0.2, 0.25) is 0 Å². The first-order valence-corrected chi connectivity index (χ1v) is 5.98. The SMILES string of the molecule is COc1cc(-c2cc(C(C)=O)ccc2F)ccc1C. The zero-order chi connectivity index (χ0) is 14.0. The van der Waals surface area contributed by atoms with E-state index >= 15 is 0 Å². The Morgan fingerprint density at radius 3 is 2.53 bits per heavy atom. The van der Waals surface area contributed by atoms with E-state index in [-0.39, 0.29) is 11.6 Å². The monoisotopic (exact) mass is 258 g/mol. The number of rotatable bonds is 3. The quantitative estimate of drug-likeness (QED) is 0.777. The molecule has 0 heterocycles. The Morgan fingerprint density at radius 2 is 1.89 bits per heavy atom. The number of methoxy groups -OCH3 is 1. The average molecular weight is 258 g/mol. The van der Waals surface area contributed by atoms with Gasteiger partial charge in [0.05, 0.1) is 7.11 Å². The summed E-state index contributed by atoms with van der Waals surface area (Å²) >= 11 is 0. The molecular weight excluding hydrogens is 243 g/mol. The van der Waals surface area contributed by atoms with Crippen molar-refractivity contribution < 1.29 is 13.9 Å². The van der Waals surface area contributed by atoms with Crippen LogP contribution in [0.4, 0.5) is 4.39 Å². The largest absolute Gasteiger partial charge is 0.496 e. The van der Waals surface area contributed by atoms with Crippen LogP contribution in [0.5, 0.6) is 5.75 Å². The van der Waals surface area contributed by atoms with Gasteiger partial charge < -0.3 is 4.74 Å². The third-order valence-electron chi connectivity index (χ3n) is 3.09. The van der Waals surface area contributed by atoms with Crippen molar-refractivity contribution in [3.63, 3.8) is 0 Å². The molecule has 19 heavy (non-hydrogen) atoms. The second kappa shape index (κ2) is 5.22. The summed E-state index contributed by atoms with van der Waals surface area (Å²) in [5.74, 6) is 0.265. The van der Waals surface area contributed by atoms with Crippen molar-refractivity contribution in [2.24, 2.45) is 0 Å². The average Bonchev–Trinajstić information content (AvgIpc) is 2.40. The van der Waals surface area contributed by atoms with Crippen LogP contribution in [-0.4, -0.2) is 12.9 Å². The van der Waals surface area contributed by atoms with Gasteiger partial charge in [0.25, 0.3) is 0 Å². The van der Waals surface area contributed by atoms with Crippen molar-refractivity contribution in [2.45, 2.75) is 13.8 Å². The molecule has 2 aromatic rings. The molecule has 2 rings (SSSR count). The molecule has 2 nitrogen and oxygen atoms in total. The van der Waals surface area contributed by atoms with E-state index in [0.29, 0.717) is 22.4 Å². The molecule has 98 valence electrons. The number of halogens is 1. The molecule has 0 aliphatic rings. The van der Waals surface area contributed by atoms with Crippen LogP contribution in [0.3, 0.4) is 0 Å². The Balaban J connectivity index is 2.57. The van der Waals surface area contributed by atoms with Crippen LogP contribution in [-0.2, 0) is 0 Å². The van der Waals surface area contributed by atoms with Crippen LogP contribution in [0.15, 0.2) is 36.4 Å². The van der Waals surface area contributed by atoms with E-state index < -0.39 is 0 Å². The second-order valence-corrected chi connectivity index (χ2v) is 4.44. The summed E-state index contributed by atoms with van der Waals surface area (Å²) in [7, 11) is 1.58. The third kappa shape index (κ3) is 2.65. The molecule has 0 unspecified atom stereocenters. The van der Waals surface area contributed by atoms with E-state index in [9.17, 15) is 9.18 Å². The van der Waals surface area contributed by atoms with Crippen LogP contribution in [0, 0.1) is 12.7 Å². The highest BCUT2D eigenvalue weighted by molar-refractivity contribution is 5.95. The summed E-state index contributed by atoms with van der Waals surface area (Å²) in [6.07, 6.45) is 0. The Labute approximate surface area is 111 Å². The minimum absolute atomic E-state index is 0.0830. The van der Waals surface area contributed by atoms with Gasteiger partial charge in [0, 0.05) is 11.1 Å². The van der Waals surface area contributed by atoms with Crippen LogP contribution in [0.25, 0.3) is 11.1 Å². The smallest absolute Gasteiger partial charge is 0.159 e. The molecule has 0 spiro atoms. The zero-order valence-corrected chi connectivity index (χ0v) is 11.2. The van der Waals surface area contributed by atoms with E-state index in [1.54, 1.807) is 19.2 Å². The number of benzene rings is 2. The molecule has 0 amide bonds. The van der Waals surface area contributed by atoms with Crippen molar-refractivity contribution in [3.8, 4) is 16.9 Å². The predicted octanol–water partition coefficient (Wildman–Crippen LogP) is 4.01. The summed E-state index contributed by atoms with van der Waals surface area (Å²) in [5.41, 5.74) is 2.58. The van der Waals surface area contributed by atoms with E-state index in [1.165, 1.54) is 19.1 Å². The molecule has 0 atom stereocenters. The van der Waals surface area contributed by atoms with Gasteiger partial charge in [-0.05, 0) is 49.2 Å². The number of hydrogen-bond donors (Lipinski definition) is 0. The Hall–Kier alpha value is -2.16. The fourth-order valence-corrected chi connectivity index (χ4v) is 1.95. The minimum Gasteiger partial charge on any atom is -0.496 e. The molecule has 0 aliphatic carbocycles.